The largest absolute Gasteiger partial charge is 0.494 e. The Kier molecular flexibility index (Phi) is 7.10. The van der Waals surface area contributed by atoms with Gasteiger partial charge in [0, 0.05) is 32.9 Å². The molecule has 10 rings (SSSR count). The molecule has 3 heterocycles. The molecule has 0 radical (unpaired) electrons. The average Bonchev–Trinajstić information content (AvgIpc) is 3.78. The predicted molar refractivity (Wildman–Crippen MR) is 222 cm³/mol. The SMILES string of the molecule is CC1(C)OB(c2cccc(-n3c4ccccc4c4cc(-c5cccc6c5c5ccccc5n6-c5cccc(-c6ccccc6)c5)ccc43)c2)OC1(C)C. The van der Waals surface area contributed by atoms with Gasteiger partial charge in [0.05, 0.1) is 33.3 Å². The molecule has 9 aromatic rings. The van der Waals surface area contributed by atoms with E-state index in [0.29, 0.717) is 0 Å². The number of benzene rings is 7. The van der Waals surface area contributed by atoms with Crippen LogP contribution in [0.4, 0.5) is 0 Å². The highest BCUT2D eigenvalue weighted by molar-refractivity contribution is 6.62. The third kappa shape index (κ3) is 4.99. The van der Waals surface area contributed by atoms with E-state index in [1.807, 2.05) is 0 Å². The minimum Gasteiger partial charge on any atom is -0.399 e. The molecule has 0 amide bonds. The maximum Gasteiger partial charge on any atom is 0.494 e. The molecule has 2 aromatic heterocycles. The van der Waals surface area contributed by atoms with Crippen LogP contribution in [0.1, 0.15) is 27.7 Å². The summed E-state index contributed by atoms with van der Waals surface area (Å²) in [5.74, 6) is 0. The van der Waals surface area contributed by atoms with E-state index in [-0.39, 0.29) is 0 Å². The summed E-state index contributed by atoms with van der Waals surface area (Å²) in [6, 6.07) is 59.3. The minimum absolute atomic E-state index is 0.404. The smallest absolute Gasteiger partial charge is 0.399 e. The van der Waals surface area contributed by atoms with Crippen LogP contribution in [0.25, 0.3) is 77.2 Å². The Morgan fingerprint density at radius 2 is 0.981 bits per heavy atom. The first-order chi connectivity index (χ1) is 25.8. The fraction of sp³-hybridized carbons (Fsp3) is 0.125. The summed E-state index contributed by atoms with van der Waals surface area (Å²) in [4.78, 5) is 0. The van der Waals surface area contributed by atoms with Gasteiger partial charge in [0.2, 0.25) is 0 Å². The molecular weight excluding hydrogens is 647 g/mol. The lowest BCUT2D eigenvalue weighted by Gasteiger charge is -2.32. The first kappa shape index (κ1) is 31.8. The molecule has 256 valence electrons. The highest BCUT2D eigenvalue weighted by atomic mass is 16.7. The van der Waals surface area contributed by atoms with Gasteiger partial charge in [-0.05, 0) is 110 Å². The second-order valence-electron chi connectivity index (χ2n) is 15.2. The monoisotopic (exact) mass is 686 g/mol. The van der Waals surface area contributed by atoms with Crippen LogP contribution in [0.2, 0.25) is 0 Å². The number of aromatic nitrogens is 2. The minimum atomic E-state index is -0.428. The maximum atomic E-state index is 6.45. The molecule has 1 aliphatic rings. The Bertz CT molecular complexity index is 2850. The molecule has 0 spiro atoms. The standard InChI is InChI=1S/C48H39BN2O2/c1-47(2)48(3,4)53-49(52-47)35-18-13-20-37(31-35)50-42-24-10-8-21-39(42)41-30-34(27-28-44(41)50)38-23-14-26-45-46(38)40-22-9-11-25-43(40)51(45)36-19-12-17-33(29-36)32-15-6-5-7-16-32/h5-31H,1-4H3. The summed E-state index contributed by atoms with van der Waals surface area (Å²) < 4.78 is 17.7. The topological polar surface area (TPSA) is 28.3 Å². The van der Waals surface area contributed by atoms with Crippen molar-refractivity contribution in [1.82, 2.24) is 9.13 Å². The van der Waals surface area contributed by atoms with Crippen LogP contribution in [0, 0.1) is 0 Å². The number of para-hydroxylation sites is 2. The normalized spacial score (nSPS) is 15.3. The van der Waals surface area contributed by atoms with Crippen molar-refractivity contribution in [2.24, 2.45) is 0 Å². The third-order valence-electron chi connectivity index (χ3n) is 11.5. The van der Waals surface area contributed by atoms with Crippen molar-refractivity contribution in [3.63, 3.8) is 0 Å². The Morgan fingerprint density at radius 1 is 0.415 bits per heavy atom. The molecular formula is C48H39BN2O2. The van der Waals surface area contributed by atoms with E-state index < -0.39 is 18.3 Å². The lowest BCUT2D eigenvalue weighted by atomic mass is 9.79. The van der Waals surface area contributed by atoms with E-state index in [2.05, 4.69) is 201 Å². The van der Waals surface area contributed by atoms with Crippen LogP contribution in [0.15, 0.2) is 164 Å². The Labute approximate surface area is 310 Å². The van der Waals surface area contributed by atoms with E-state index in [4.69, 9.17) is 9.31 Å². The zero-order valence-corrected chi connectivity index (χ0v) is 30.4. The van der Waals surface area contributed by atoms with Crippen LogP contribution >= 0.6 is 0 Å². The van der Waals surface area contributed by atoms with Crippen molar-refractivity contribution in [2.45, 2.75) is 38.9 Å². The average molecular weight is 687 g/mol. The molecule has 1 saturated heterocycles. The number of hydrogen-bond donors (Lipinski definition) is 0. The summed E-state index contributed by atoms with van der Waals surface area (Å²) in [7, 11) is -0.428. The van der Waals surface area contributed by atoms with Gasteiger partial charge in [0.15, 0.2) is 0 Å². The van der Waals surface area contributed by atoms with Crippen LogP contribution < -0.4 is 5.46 Å². The van der Waals surface area contributed by atoms with E-state index >= 15 is 0 Å². The van der Waals surface area contributed by atoms with Crippen LogP contribution in [0.5, 0.6) is 0 Å². The van der Waals surface area contributed by atoms with Crippen molar-refractivity contribution in [1.29, 1.82) is 0 Å². The summed E-state index contributed by atoms with van der Waals surface area (Å²) >= 11 is 0. The molecule has 0 N–H and O–H groups in total. The predicted octanol–water partition coefficient (Wildman–Crippen LogP) is 11.5. The van der Waals surface area contributed by atoms with Crippen LogP contribution in [-0.2, 0) is 9.31 Å². The van der Waals surface area contributed by atoms with Gasteiger partial charge in [-0.1, -0.05) is 109 Å². The van der Waals surface area contributed by atoms with Gasteiger partial charge in [0.1, 0.15) is 0 Å². The molecule has 0 saturated carbocycles. The Morgan fingerprint density at radius 3 is 1.75 bits per heavy atom. The van der Waals surface area contributed by atoms with Gasteiger partial charge in [0.25, 0.3) is 0 Å². The molecule has 53 heavy (non-hydrogen) atoms. The zero-order valence-electron chi connectivity index (χ0n) is 30.4. The van der Waals surface area contributed by atoms with Crippen LogP contribution in [0.3, 0.4) is 0 Å². The number of fused-ring (bicyclic) bond motifs is 6. The summed E-state index contributed by atoms with van der Waals surface area (Å²) in [5, 5.41) is 4.94. The van der Waals surface area contributed by atoms with Gasteiger partial charge in [-0.15, -0.1) is 0 Å². The van der Waals surface area contributed by atoms with E-state index in [9.17, 15) is 0 Å². The van der Waals surface area contributed by atoms with E-state index in [1.165, 1.54) is 60.3 Å². The van der Waals surface area contributed by atoms with Crippen molar-refractivity contribution in [3.8, 4) is 33.6 Å². The number of nitrogens with zero attached hydrogens (tertiary/aromatic N) is 2. The first-order valence-corrected chi connectivity index (χ1v) is 18.5. The molecule has 0 bridgehead atoms. The quantitative estimate of drug-likeness (QED) is 0.169. The second kappa shape index (κ2) is 11.8. The molecule has 5 heteroatoms. The first-order valence-electron chi connectivity index (χ1n) is 18.5. The molecule has 0 atom stereocenters. The molecule has 4 nitrogen and oxygen atoms in total. The van der Waals surface area contributed by atoms with Gasteiger partial charge in [-0.2, -0.15) is 0 Å². The van der Waals surface area contributed by atoms with Crippen molar-refractivity contribution in [2.75, 3.05) is 0 Å². The molecule has 0 unspecified atom stereocenters. The van der Waals surface area contributed by atoms with Crippen molar-refractivity contribution < 1.29 is 9.31 Å². The number of rotatable bonds is 5. The Hall–Kier alpha value is -5.88. The van der Waals surface area contributed by atoms with Crippen LogP contribution in [-0.4, -0.2) is 27.5 Å². The lowest BCUT2D eigenvalue weighted by molar-refractivity contribution is 0.00578. The zero-order chi connectivity index (χ0) is 35.9. The highest BCUT2D eigenvalue weighted by Crippen LogP contribution is 2.42. The fourth-order valence-corrected chi connectivity index (χ4v) is 8.20. The van der Waals surface area contributed by atoms with E-state index in [1.54, 1.807) is 0 Å². The molecule has 7 aromatic carbocycles. The number of hydrogen-bond acceptors (Lipinski definition) is 2. The summed E-state index contributed by atoms with van der Waals surface area (Å²) in [5.41, 5.74) is 12.0. The fourth-order valence-electron chi connectivity index (χ4n) is 8.20. The highest BCUT2D eigenvalue weighted by Gasteiger charge is 2.51. The molecule has 0 aliphatic carbocycles. The van der Waals surface area contributed by atoms with Crippen molar-refractivity contribution >= 4 is 56.2 Å². The van der Waals surface area contributed by atoms with Gasteiger partial charge in [-0.25, -0.2) is 0 Å². The lowest BCUT2D eigenvalue weighted by Crippen LogP contribution is -2.41. The summed E-state index contributed by atoms with van der Waals surface area (Å²) in [6.07, 6.45) is 0. The van der Waals surface area contributed by atoms with Crippen molar-refractivity contribution in [3.05, 3.63) is 164 Å². The van der Waals surface area contributed by atoms with Gasteiger partial charge >= 0.3 is 7.12 Å². The van der Waals surface area contributed by atoms with E-state index in [0.717, 1.165) is 22.4 Å². The summed E-state index contributed by atoms with van der Waals surface area (Å²) in [6.45, 7) is 8.40. The maximum absolute atomic E-state index is 6.45. The van der Waals surface area contributed by atoms with Gasteiger partial charge < -0.3 is 18.4 Å². The second-order valence-corrected chi connectivity index (χ2v) is 15.2. The third-order valence-corrected chi connectivity index (χ3v) is 11.5. The molecule has 1 aliphatic heterocycles. The molecule has 1 fully saturated rings. The van der Waals surface area contributed by atoms with Gasteiger partial charge in [-0.3, -0.25) is 0 Å². The Balaban J connectivity index is 1.13.